The zero-order valence-corrected chi connectivity index (χ0v) is 11.9. The van der Waals surface area contributed by atoms with Gasteiger partial charge in [-0.3, -0.25) is 0 Å². The molecular formula is C15H24N2O. The zero-order valence-electron chi connectivity index (χ0n) is 11.9. The molecule has 1 aromatic carbocycles. The molecule has 1 saturated carbocycles. The normalized spacial score (nSPS) is 20.1. The molecule has 0 bridgehead atoms. The average molecular weight is 248 g/mol. The number of ether oxygens (including phenoxy) is 1. The van der Waals surface area contributed by atoms with Crippen molar-refractivity contribution in [2.75, 3.05) is 25.6 Å². The Hall–Kier alpha value is -1.22. The van der Waals surface area contributed by atoms with E-state index in [1.54, 1.807) is 7.11 Å². The highest BCUT2D eigenvalue weighted by Gasteiger charge is 2.54. The minimum atomic E-state index is -0.000630. The Morgan fingerprint density at radius 1 is 1.44 bits per heavy atom. The number of methoxy groups -OCH3 is 1. The van der Waals surface area contributed by atoms with Gasteiger partial charge < -0.3 is 15.4 Å². The zero-order chi connectivity index (χ0) is 13.4. The summed E-state index contributed by atoms with van der Waals surface area (Å²) in [6.07, 6.45) is 2.52. The van der Waals surface area contributed by atoms with Gasteiger partial charge in [0.1, 0.15) is 5.75 Å². The third-order valence-corrected chi connectivity index (χ3v) is 4.88. The van der Waals surface area contributed by atoms with Crippen LogP contribution in [0.3, 0.4) is 0 Å². The van der Waals surface area contributed by atoms with E-state index in [2.05, 4.69) is 37.9 Å². The van der Waals surface area contributed by atoms with E-state index in [9.17, 15) is 0 Å². The molecule has 0 radical (unpaired) electrons. The molecule has 1 fully saturated rings. The third-order valence-electron chi connectivity index (χ3n) is 4.88. The van der Waals surface area contributed by atoms with Crippen LogP contribution in [-0.4, -0.2) is 26.2 Å². The minimum Gasteiger partial charge on any atom is -0.497 e. The molecular weight excluding hydrogens is 224 g/mol. The van der Waals surface area contributed by atoms with Gasteiger partial charge in [0.15, 0.2) is 0 Å². The second-order valence-corrected chi connectivity index (χ2v) is 5.80. The van der Waals surface area contributed by atoms with E-state index in [-0.39, 0.29) is 5.54 Å². The molecule has 100 valence electrons. The lowest BCUT2D eigenvalue weighted by Crippen LogP contribution is -2.55. The second-order valence-electron chi connectivity index (χ2n) is 5.80. The maximum atomic E-state index is 6.07. The van der Waals surface area contributed by atoms with Crippen LogP contribution in [0.1, 0.15) is 26.7 Å². The minimum absolute atomic E-state index is 0.000630. The largest absolute Gasteiger partial charge is 0.497 e. The van der Waals surface area contributed by atoms with Gasteiger partial charge in [0, 0.05) is 25.3 Å². The molecule has 3 heteroatoms. The Kier molecular flexibility index (Phi) is 3.28. The summed E-state index contributed by atoms with van der Waals surface area (Å²) in [5.74, 6) is 0.889. The SMILES string of the molecule is COc1cccc(N(C)C(C)(CN)C2(C)CC2)c1. The summed E-state index contributed by atoms with van der Waals surface area (Å²) in [7, 11) is 3.83. The van der Waals surface area contributed by atoms with Crippen LogP contribution in [0.2, 0.25) is 0 Å². The molecule has 1 unspecified atom stereocenters. The summed E-state index contributed by atoms with van der Waals surface area (Å²) in [6.45, 7) is 5.26. The molecule has 1 aromatic rings. The lowest BCUT2D eigenvalue weighted by Gasteiger charge is -2.45. The molecule has 3 nitrogen and oxygen atoms in total. The van der Waals surface area contributed by atoms with Gasteiger partial charge in [0.25, 0.3) is 0 Å². The van der Waals surface area contributed by atoms with Gasteiger partial charge in [-0.1, -0.05) is 13.0 Å². The highest BCUT2D eigenvalue weighted by Crippen LogP contribution is 2.55. The van der Waals surface area contributed by atoms with Crippen LogP contribution >= 0.6 is 0 Å². The summed E-state index contributed by atoms with van der Waals surface area (Å²) in [6, 6.07) is 8.18. The number of rotatable bonds is 5. The van der Waals surface area contributed by atoms with E-state index >= 15 is 0 Å². The first-order valence-electron chi connectivity index (χ1n) is 6.55. The highest BCUT2D eigenvalue weighted by atomic mass is 16.5. The van der Waals surface area contributed by atoms with Crippen molar-refractivity contribution in [3.05, 3.63) is 24.3 Å². The highest BCUT2D eigenvalue weighted by molar-refractivity contribution is 5.53. The van der Waals surface area contributed by atoms with Crippen LogP contribution in [0.4, 0.5) is 5.69 Å². The fourth-order valence-electron chi connectivity index (χ4n) is 2.62. The lowest BCUT2D eigenvalue weighted by atomic mass is 9.82. The first-order chi connectivity index (χ1) is 8.47. The van der Waals surface area contributed by atoms with E-state index in [0.717, 1.165) is 11.4 Å². The molecule has 0 heterocycles. The van der Waals surface area contributed by atoms with Gasteiger partial charge >= 0.3 is 0 Å². The fourth-order valence-corrected chi connectivity index (χ4v) is 2.62. The molecule has 18 heavy (non-hydrogen) atoms. The second kappa shape index (κ2) is 4.47. The molecule has 1 aliphatic rings. The number of hydrogen-bond donors (Lipinski definition) is 1. The maximum absolute atomic E-state index is 6.07. The molecule has 1 aliphatic carbocycles. The van der Waals surface area contributed by atoms with Crippen LogP contribution in [0.15, 0.2) is 24.3 Å². The van der Waals surface area contributed by atoms with Gasteiger partial charge in [-0.25, -0.2) is 0 Å². The third kappa shape index (κ3) is 1.97. The molecule has 1 atom stereocenters. The van der Waals surface area contributed by atoms with Crippen LogP contribution in [0.25, 0.3) is 0 Å². The van der Waals surface area contributed by atoms with E-state index in [0.29, 0.717) is 12.0 Å². The Morgan fingerprint density at radius 2 is 2.11 bits per heavy atom. The van der Waals surface area contributed by atoms with Gasteiger partial charge in [0.05, 0.1) is 12.6 Å². The Bertz CT molecular complexity index is 428. The van der Waals surface area contributed by atoms with Crippen LogP contribution in [0.5, 0.6) is 5.75 Å². The molecule has 0 spiro atoms. The van der Waals surface area contributed by atoms with E-state index in [1.165, 1.54) is 12.8 Å². The van der Waals surface area contributed by atoms with Crippen LogP contribution in [-0.2, 0) is 0 Å². The van der Waals surface area contributed by atoms with Crippen molar-refractivity contribution in [2.24, 2.45) is 11.1 Å². The van der Waals surface area contributed by atoms with E-state index < -0.39 is 0 Å². The molecule has 0 aliphatic heterocycles. The van der Waals surface area contributed by atoms with Gasteiger partial charge in [-0.2, -0.15) is 0 Å². The van der Waals surface area contributed by atoms with Crippen molar-refractivity contribution in [3.63, 3.8) is 0 Å². The number of nitrogens with two attached hydrogens (primary N) is 1. The molecule has 2 N–H and O–H groups in total. The average Bonchev–Trinajstić information content (AvgIpc) is 3.16. The van der Waals surface area contributed by atoms with Gasteiger partial charge in [-0.05, 0) is 37.3 Å². The Morgan fingerprint density at radius 3 is 2.61 bits per heavy atom. The summed E-state index contributed by atoms with van der Waals surface area (Å²) in [5, 5.41) is 0. The van der Waals surface area contributed by atoms with Crippen molar-refractivity contribution >= 4 is 5.69 Å². The van der Waals surface area contributed by atoms with Gasteiger partial charge in [0.2, 0.25) is 0 Å². The topological polar surface area (TPSA) is 38.5 Å². The van der Waals surface area contributed by atoms with Crippen molar-refractivity contribution in [1.82, 2.24) is 0 Å². The Balaban J connectivity index is 2.31. The molecule has 2 rings (SSSR count). The standard InChI is InChI=1S/C15H24N2O/c1-14(8-9-14)15(2,11-16)17(3)12-6-5-7-13(10-12)18-4/h5-7,10H,8-9,11,16H2,1-4H3. The number of nitrogens with zero attached hydrogens (tertiary/aromatic N) is 1. The summed E-state index contributed by atoms with van der Waals surface area (Å²) < 4.78 is 5.29. The maximum Gasteiger partial charge on any atom is 0.120 e. The number of benzene rings is 1. The van der Waals surface area contributed by atoms with Crippen molar-refractivity contribution in [3.8, 4) is 5.75 Å². The van der Waals surface area contributed by atoms with Crippen LogP contribution < -0.4 is 15.4 Å². The lowest BCUT2D eigenvalue weighted by molar-refractivity contribution is 0.289. The number of hydrogen-bond acceptors (Lipinski definition) is 3. The van der Waals surface area contributed by atoms with Gasteiger partial charge in [-0.15, -0.1) is 0 Å². The predicted molar refractivity (Wildman–Crippen MR) is 76.2 cm³/mol. The van der Waals surface area contributed by atoms with Crippen molar-refractivity contribution in [1.29, 1.82) is 0 Å². The first-order valence-corrected chi connectivity index (χ1v) is 6.55. The molecule has 0 aromatic heterocycles. The summed E-state index contributed by atoms with van der Waals surface area (Å²) >= 11 is 0. The summed E-state index contributed by atoms with van der Waals surface area (Å²) in [5.41, 5.74) is 7.56. The van der Waals surface area contributed by atoms with E-state index in [4.69, 9.17) is 10.5 Å². The smallest absolute Gasteiger partial charge is 0.120 e. The Labute approximate surface area is 110 Å². The monoisotopic (exact) mass is 248 g/mol. The first kappa shape index (κ1) is 13.2. The summed E-state index contributed by atoms with van der Waals surface area (Å²) in [4.78, 5) is 2.31. The van der Waals surface area contributed by atoms with E-state index in [1.807, 2.05) is 12.1 Å². The molecule has 0 saturated heterocycles. The van der Waals surface area contributed by atoms with Crippen molar-refractivity contribution < 1.29 is 4.74 Å². The van der Waals surface area contributed by atoms with Crippen LogP contribution in [0, 0.1) is 5.41 Å². The quantitative estimate of drug-likeness (QED) is 0.870. The van der Waals surface area contributed by atoms with Crippen molar-refractivity contribution in [2.45, 2.75) is 32.2 Å². The number of anilines is 1. The predicted octanol–water partition coefficient (Wildman–Crippen LogP) is 2.65. The fraction of sp³-hybridized carbons (Fsp3) is 0.600. The number of likely N-dealkylation sites (N-methyl/N-ethyl adjacent to an activating group) is 1. The molecule has 0 amide bonds.